The Kier molecular flexibility index (Phi) is 6.85. The Morgan fingerprint density at radius 3 is 2.59 bits per heavy atom. The lowest BCUT2D eigenvalue weighted by Gasteiger charge is -2.10. The van der Waals surface area contributed by atoms with Gasteiger partial charge in [0.1, 0.15) is 5.82 Å². The van der Waals surface area contributed by atoms with Gasteiger partial charge in [-0.15, -0.1) is 0 Å². The zero-order valence-electron chi connectivity index (χ0n) is 16.7. The fourth-order valence-electron chi connectivity index (χ4n) is 3.25. The highest BCUT2D eigenvalue weighted by molar-refractivity contribution is 7.98. The number of benzene rings is 1. The highest BCUT2D eigenvalue weighted by atomic mass is 35.5. The van der Waals surface area contributed by atoms with E-state index in [0.717, 1.165) is 30.3 Å². The van der Waals surface area contributed by atoms with Crippen LogP contribution in [0, 0.1) is 5.82 Å². The average Bonchev–Trinajstić information content (AvgIpc) is 3.06. The first-order chi connectivity index (χ1) is 13.9. The molecule has 0 radical (unpaired) electrons. The summed E-state index contributed by atoms with van der Waals surface area (Å²) in [5.41, 5.74) is 0.336. The van der Waals surface area contributed by atoms with Gasteiger partial charge >= 0.3 is 5.69 Å². The molecule has 9 heteroatoms. The number of nitrogens with zero attached hydrogens (tertiary/aromatic N) is 4. The summed E-state index contributed by atoms with van der Waals surface area (Å²) < 4.78 is 18.5. The van der Waals surface area contributed by atoms with E-state index in [9.17, 15) is 14.0 Å². The van der Waals surface area contributed by atoms with Crippen molar-refractivity contribution in [3.05, 3.63) is 55.4 Å². The molecule has 3 rings (SSSR count). The molecule has 2 heterocycles. The summed E-state index contributed by atoms with van der Waals surface area (Å²) in [5, 5.41) is 0.931. The van der Waals surface area contributed by atoms with E-state index in [2.05, 4.69) is 11.9 Å². The van der Waals surface area contributed by atoms with E-state index < -0.39 is 5.69 Å². The maximum Gasteiger partial charge on any atom is 0.332 e. The van der Waals surface area contributed by atoms with Crippen molar-refractivity contribution in [3.8, 4) is 0 Å². The van der Waals surface area contributed by atoms with Gasteiger partial charge in [-0.1, -0.05) is 55.6 Å². The van der Waals surface area contributed by atoms with Gasteiger partial charge in [-0.25, -0.2) is 14.2 Å². The molecule has 6 nitrogen and oxygen atoms in total. The fourth-order valence-corrected chi connectivity index (χ4v) is 4.61. The minimum atomic E-state index is -0.424. The van der Waals surface area contributed by atoms with Gasteiger partial charge in [0.25, 0.3) is 5.56 Å². The lowest BCUT2D eigenvalue weighted by Crippen LogP contribution is -2.37. The minimum absolute atomic E-state index is 0.276. The Bertz CT molecular complexity index is 1130. The molecule has 29 heavy (non-hydrogen) atoms. The number of imidazole rings is 1. The third kappa shape index (κ3) is 4.28. The second kappa shape index (κ2) is 9.17. The summed E-state index contributed by atoms with van der Waals surface area (Å²) in [6.07, 6.45) is 4.13. The average molecular weight is 439 g/mol. The Labute approximate surface area is 177 Å². The summed E-state index contributed by atoms with van der Waals surface area (Å²) in [4.78, 5) is 29.7. The molecule has 1 aromatic carbocycles. The molecule has 0 saturated heterocycles. The van der Waals surface area contributed by atoms with E-state index in [4.69, 9.17) is 11.6 Å². The summed E-state index contributed by atoms with van der Waals surface area (Å²) in [7, 11) is 3.06. The maximum absolute atomic E-state index is 14.2. The molecular weight excluding hydrogens is 415 g/mol. The van der Waals surface area contributed by atoms with Crippen molar-refractivity contribution in [1.82, 2.24) is 18.7 Å². The molecule has 2 aromatic heterocycles. The molecule has 0 aliphatic heterocycles. The smallest absolute Gasteiger partial charge is 0.313 e. The van der Waals surface area contributed by atoms with Crippen molar-refractivity contribution in [2.45, 2.75) is 50.1 Å². The molecular formula is C20H24ClFN4O2S. The van der Waals surface area contributed by atoms with Gasteiger partial charge in [-0.05, 0) is 18.6 Å². The molecule has 0 saturated carbocycles. The number of thioether (sulfide) groups is 1. The summed E-state index contributed by atoms with van der Waals surface area (Å²) in [6.45, 7) is 2.74. The highest BCUT2D eigenvalue weighted by Gasteiger charge is 2.20. The van der Waals surface area contributed by atoms with E-state index in [1.54, 1.807) is 19.2 Å². The zero-order valence-corrected chi connectivity index (χ0v) is 18.3. The molecule has 0 aliphatic rings. The molecule has 0 spiro atoms. The molecule has 0 N–H and O–H groups in total. The molecule has 0 aliphatic carbocycles. The normalized spacial score (nSPS) is 11.5. The van der Waals surface area contributed by atoms with Crippen molar-refractivity contribution < 1.29 is 4.39 Å². The van der Waals surface area contributed by atoms with E-state index >= 15 is 0 Å². The van der Waals surface area contributed by atoms with E-state index in [-0.39, 0.29) is 17.1 Å². The predicted molar refractivity (Wildman–Crippen MR) is 115 cm³/mol. The van der Waals surface area contributed by atoms with E-state index in [1.807, 2.05) is 4.57 Å². The number of aromatic nitrogens is 4. The van der Waals surface area contributed by atoms with Gasteiger partial charge in [0.05, 0.1) is 0 Å². The van der Waals surface area contributed by atoms with Crippen molar-refractivity contribution in [3.63, 3.8) is 0 Å². The third-order valence-corrected chi connectivity index (χ3v) is 6.31. The summed E-state index contributed by atoms with van der Waals surface area (Å²) in [6, 6.07) is 4.58. The molecule has 0 bridgehead atoms. The third-order valence-electron chi connectivity index (χ3n) is 4.96. The summed E-state index contributed by atoms with van der Waals surface area (Å²) >= 11 is 7.46. The van der Waals surface area contributed by atoms with Crippen LogP contribution in [-0.4, -0.2) is 18.7 Å². The number of aryl methyl sites for hydroxylation is 2. The summed E-state index contributed by atoms with van der Waals surface area (Å²) in [5.74, 6) is -0.100. The van der Waals surface area contributed by atoms with Gasteiger partial charge in [0.15, 0.2) is 16.3 Å². The Morgan fingerprint density at radius 2 is 1.90 bits per heavy atom. The van der Waals surface area contributed by atoms with Crippen LogP contribution in [-0.2, 0) is 26.4 Å². The Balaban J connectivity index is 2.05. The molecule has 156 valence electrons. The first-order valence-electron chi connectivity index (χ1n) is 9.58. The van der Waals surface area contributed by atoms with E-state index in [1.165, 1.54) is 29.4 Å². The monoisotopic (exact) mass is 438 g/mol. The second-order valence-corrected chi connectivity index (χ2v) is 8.32. The van der Waals surface area contributed by atoms with Crippen molar-refractivity contribution in [1.29, 1.82) is 0 Å². The van der Waals surface area contributed by atoms with Crippen LogP contribution in [0.1, 0.15) is 38.2 Å². The molecule has 3 aromatic rings. The van der Waals surface area contributed by atoms with Gasteiger partial charge in [-0.2, -0.15) is 0 Å². The first-order valence-corrected chi connectivity index (χ1v) is 10.9. The fraction of sp³-hybridized carbons (Fsp3) is 0.450. The maximum atomic E-state index is 14.2. The van der Waals surface area contributed by atoms with Crippen LogP contribution < -0.4 is 11.2 Å². The van der Waals surface area contributed by atoms with Crippen LogP contribution in [0.25, 0.3) is 11.2 Å². The number of unbranched alkanes of at least 4 members (excludes halogenated alkanes) is 3. The quantitative estimate of drug-likeness (QED) is 0.392. The SMILES string of the molecule is CCCCCCn1c(SCc2c(F)cccc2Cl)nc2c1c(=O)n(C)c(=O)n2C. The molecule has 0 atom stereocenters. The molecule has 0 unspecified atom stereocenters. The standard InChI is InChI=1S/C20H24ClFN4O2S/c1-4-5-6-7-11-26-16-17(24(2)20(28)25(3)18(16)27)23-19(26)29-12-13-14(21)9-8-10-15(13)22/h8-10H,4-7,11-12H2,1-3H3. The topological polar surface area (TPSA) is 61.8 Å². The number of fused-ring (bicyclic) bond motifs is 1. The first kappa shape index (κ1) is 21.6. The van der Waals surface area contributed by atoms with Gasteiger partial charge in [-0.3, -0.25) is 13.9 Å². The van der Waals surface area contributed by atoms with Gasteiger partial charge in [0.2, 0.25) is 0 Å². The second-order valence-electron chi connectivity index (χ2n) is 6.97. The van der Waals surface area contributed by atoms with Crippen molar-refractivity contribution >= 4 is 34.5 Å². The van der Waals surface area contributed by atoms with Crippen molar-refractivity contribution in [2.75, 3.05) is 0 Å². The minimum Gasteiger partial charge on any atom is -0.313 e. The number of hydrogen-bond acceptors (Lipinski definition) is 4. The largest absolute Gasteiger partial charge is 0.332 e. The molecule has 0 amide bonds. The van der Waals surface area contributed by atoms with Crippen molar-refractivity contribution in [2.24, 2.45) is 14.1 Å². The van der Waals surface area contributed by atoms with Crippen LogP contribution in [0.5, 0.6) is 0 Å². The zero-order chi connectivity index (χ0) is 21.1. The Morgan fingerprint density at radius 1 is 1.14 bits per heavy atom. The van der Waals surface area contributed by atoms with Crippen LogP contribution in [0.2, 0.25) is 5.02 Å². The number of halogens is 2. The van der Waals surface area contributed by atoms with Crippen LogP contribution in [0.15, 0.2) is 32.9 Å². The lowest BCUT2D eigenvalue weighted by atomic mass is 10.2. The van der Waals surface area contributed by atoms with E-state index in [0.29, 0.717) is 33.5 Å². The van der Waals surface area contributed by atoms with Gasteiger partial charge < -0.3 is 4.57 Å². The lowest BCUT2D eigenvalue weighted by molar-refractivity contribution is 0.561. The Hall–Kier alpha value is -2.06. The predicted octanol–water partition coefficient (Wildman–Crippen LogP) is 4.10. The van der Waals surface area contributed by atoms with Crippen LogP contribution in [0.4, 0.5) is 4.39 Å². The van der Waals surface area contributed by atoms with Crippen LogP contribution >= 0.6 is 23.4 Å². The number of hydrogen-bond donors (Lipinski definition) is 0. The van der Waals surface area contributed by atoms with Gasteiger partial charge in [0, 0.05) is 37.0 Å². The van der Waals surface area contributed by atoms with Crippen LogP contribution in [0.3, 0.4) is 0 Å². The highest BCUT2D eigenvalue weighted by Crippen LogP contribution is 2.29. The molecule has 0 fully saturated rings. The number of rotatable bonds is 8.